The normalized spacial score (nSPS) is 20.9. The highest BCUT2D eigenvalue weighted by Crippen LogP contribution is 2.39. The summed E-state index contributed by atoms with van der Waals surface area (Å²) in [4.78, 5) is 0. The minimum atomic E-state index is 0.123. The highest BCUT2D eigenvalue weighted by atomic mass is 35.5. The Morgan fingerprint density at radius 2 is 2.31 bits per heavy atom. The van der Waals surface area contributed by atoms with E-state index in [-0.39, 0.29) is 6.04 Å². The van der Waals surface area contributed by atoms with Crippen molar-refractivity contribution in [3.63, 3.8) is 0 Å². The lowest BCUT2D eigenvalue weighted by Gasteiger charge is -2.28. The third-order valence-electron chi connectivity index (χ3n) is 2.98. The molecule has 16 heavy (non-hydrogen) atoms. The molecule has 1 aliphatic heterocycles. The Balaban J connectivity index is 2.35. The molecule has 0 spiro atoms. The van der Waals surface area contributed by atoms with Gasteiger partial charge in [-0.1, -0.05) is 11.6 Å². The maximum atomic E-state index is 6.02. The number of benzene rings is 1. The van der Waals surface area contributed by atoms with Crippen molar-refractivity contribution in [2.45, 2.75) is 19.4 Å². The molecule has 1 aliphatic rings. The zero-order valence-electron chi connectivity index (χ0n) is 9.50. The molecule has 0 saturated heterocycles. The van der Waals surface area contributed by atoms with Gasteiger partial charge in [-0.3, -0.25) is 0 Å². The van der Waals surface area contributed by atoms with Crippen LogP contribution in [0.5, 0.6) is 11.5 Å². The van der Waals surface area contributed by atoms with Crippen LogP contribution in [0.25, 0.3) is 0 Å². The Morgan fingerprint density at radius 3 is 2.94 bits per heavy atom. The quantitative estimate of drug-likeness (QED) is 0.864. The number of ether oxygens (including phenoxy) is 2. The van der Waals surface area contributed by atoms with Crippen molar-refractivity contribution in [3.05, 3.63) is 22.7 Å². The first kappa shape index (κ1) is 11.6. The van der Waals surface area contributed by atoms with Crippen molar-refractivity contribution in [2.75, 3.05) is 13.7 Å². The number of methoxy groups -OCH3 is 1. The standard InChI is InChI=1S/C12H16ClNO2/c1-7(14)9-3-8-4-10(13)5-11(15-2)12(8)16-6-9/h4-5,7,9H,3,6,14H2,1-2H3/t7-,9?/m0/s1. The first-order valence-electron chi connectivity index (χ1n) is 5.36. The maximum Gasteiger partial charge on any atom is 0.164 e. The van der Waals surface area contributed by atoms with E-state index in [4.69, 9.17) is 26.8 Å². The monoisotopic (exact) mass is 241 g/mol. The Morgan fingerprint density at radius 1 is 1.56 bits per heavy atom. The summed E-state index contributed by atoms with van der Waals surface area (Å²) in [5.74, 6) is 1.85. The summed E-state index contributed by atoms with van der Waals surface area (Å²) in [5, 5.41) is 0.671. The van der Waals surface area contributed by atoms with Gasteiger partial charge in [0, 0.05) is 23.0 Å². The van der Waals surface area contributed by atoms with Crippen LogP contribution in [0.15, 0.2) is 12.1 Å². The molecule has 0 bridgehead atoms. The number of halogens is 1. The minimum absolute atomic E-state index is 0.123. The molecule has 2 atom stereocenters. The smallest absolute Gasteiger partial charge is 0.164 e. The zero-order chi connectivity index (χ0) is 11.7. The van der Waals surface area contributed by atoms with Gasteiger partial charge < -0.3 is 15.2 Å². The zero-order valence-corrected chi connectivity index (χ0v) is 10.3. The van der Waals surface area contributed by atoms with Gasteiger partial charge in [0.2, 0.25) is 0 Å². The van der Waals surface area contributed by atoms with Crippen molar-refractivity contribution in [2.24, 2.45) is 11.7 Å². The first-order valence-corrected chi connectivity index (χ1v) is 5.74. The molecule has 0 fully saturated rings. The molecule has 1 aromatic carbocycles. The average Bonchev–Trinajstić information content (AvgIpc) is 2.26. The van der Waals surface area contributed by atoms with Crippen LogP contribution in [0.2, 0.25) is 5.02 Å². The second-order valence-corrected chi connectivity index (χ2v) is 4.67. The van der Waals surface area contributed by atoms with Crippen LogP contribution in [0, 0.1) is 5.92 Å². The number of hydrogen-bond acceptors (Lipinski definition) is 3. The third-order valence-corrected chi connectivity index (χ3v) is 3.20. The second-order valence-electron chi connectivity index (χ2n) is 4.23. The average molecular weight is 242 g/mol. The molecule has 1 aromatic rings. The van der Waals surface area contributed by atoms with Gasteiger partial charge in [0.25, 0.3) is 0 Å². The van der Waals surface area contributed by atoms with E-state index in [1.165, 1.54) is 0 Å². The Kier molecular flexibility index (Phi) is 3.26. The fourth-order valence-electron chi connectivity index (χ4n) is 1.96. The van der Waals surface area contributed by atoms with Crippen molar-refractivity contribution < 1.29 is 9.47 Å². The minimum Gasteiger partial charge on any atom is -0.493 e. The number of fused-ring (bicyclic) bond motifs is 1. The van der Waals surface area contributed by atoms with Crippen LogP contribution in [0.4, 0.5) is 0 Å². The molecule has 2 N–H and O–H groups in total. The van der Waals surface area contributed by atoms with Gasteiger partial charge in [0.05, 0.1) is 13.7 Å². The molecule has 3 nitrogen and oxygen atoms in total. The van der Waals surface area contributed by atoms with Gasteiger partial charge in [-0.25, -0.2) is 0 Å². The van der Waals surface area contributed by atoms with Gasteiger partial charge in [0.15, 0.2) is 11.5 Å². The topological polar surface area (TPSA) is 44.5 Å². The van der Waals surface area contributed by atoms with E-state index in [1.54, 1.807) is 13.2 Å². The van der Waals surface area contributed by atoms with Gasteiger partial charge in [-0.15, -0.1) is 0 Å². The van der Waals surface area contributed by atoms with Crippen molar-refractivity contribution in [1.29, 1.82) is 0 Å². The Labute approximate surface area is 100 Å². The highest BCUT2D eigenvalue weighted by molar-refractivity contribution is 6.30. The molecule has 0 saturated carbocycles. The SMILES string of the molecule is COc1cc(Cl)cc2c1OCC([C@H](C)N)C2. The summed E-state index contributed by atoms with van der Waals surface area (Å²) in [6, 6.07) is 3.82. The van der Waals surface area contributed by atoms with E-state index < -0.39 is 0 Å². The van der Waals surface area contributed by atoms with Crippen LogP contribution in [0.3, 0.4) is 0 Å². The second kappa shape index (κ2) is 4.52. The van der Waals surface area contributed by atoms with E-state index >= 15 is 0 Å². The Hall–Kier alpha value is -0.930. The van der Waals surface area contributed by atoms with E-state index in [0.717, 1.165) is 17.7 Å². The van der Waals surface area contributed by atoms with Crippen LogP contribution in [0.1, 0.15) is 12.5 Å². The van der Waals surface area contributed by atoms with E-state index in [1.807, 2.05) is 13.0 Å². The number of hydrogen-bond donors (Lipinski definition) is 1. The lowest BCUT2D eigenvalue weighted by Crippen LogP contribution is -2.35. The van der Waals surface area contributed by atoms with E-state index in [2.05, 4.69) is 0 Å². The molecule has 2 rings (SSSR count). The lowest BCUT2D eigenvalue weighted by molar-refractivity contribution is 0.196. The van der Waals surface area contributed by atoms with Gasteiger partial charge in [0.1, 0.15) is 0 Å². The predicted molar refractivity (Wildman–Crippen MR) is 64.3 cm³/mol. The van der Waals surface area contributed by atoms with Crippen molar-refractivity contribution >= 4 is 11.6 Å². The van der Waals surface area contributed by atoms with Crippen LogP contribution >= 0.6 is 11.6 Å². The summed E-state index contributed by atoms with van der Waals surface area (Å²) >= 11 is 6.02. The lowest BCUT2D eigenvalue weighted by atomic mass is 9.91. The first-order chi connectivity index (χ1) is 7.61. The van der Waals surface area contributed by atoms with Crippen molar-refractivity contribution in [1.82, 2.24) is 0 Å². The van der Waals surface area contributed by atoms with E-state index in [9.17, 15) is 0 Å². The van der Waals surface area contributed by atoms with Crippen LogP contribution in [-0.2, 0) is 6.42 Å². The summed E-state index contributed by atoms with van der Waals surface area (Å²) in [7, 11) is 1.62. The fraction of sp³-hybridized carbons (Fsp3) is 0.500. The molecule has 4 heteroatoms. The van der Waals surface area contributed by atoms with Gasteiger partial charge in [-0.2, -0.15) is 0 Å². The molecule has 88 valence electrons. The molecule has 0 aromatic heterocycles. The van der Waals surface area contributed by atoms with Gasteiger partial charge >= 0.3 is 0 Å². The van der Waals surface area contributed by atoms with Crippen LogP contribution in [-0.4, -0.2) is 19.8 Å². The summed E-state index contributed by atoms with van der Waals surface area (Å²) in [6.45, 7) is 2.64. The molecule has 1 heterocycles. The van der Waals surface area contributed by atoms with Gasteiger partial charge in [-0.05, 0) is 25.0 Å². The molecular formula is C12H16ClNO2. The fourth-order valence-corrected chi connectivity index (χ4v) is 2.19. The summed E-state index contributed by atoms with van der Waals surface area (Å²) in [6.07, 6.45) is 0.893. The molecule has 0 radical (unpaired) electrons. The number of rotatable bonds is 2. The molecule has 1 unspecified atom stereocenters. The van der Waals surface area contributed by atoms with Crippen molar-refractivity contribution in [3.8, 4) is 11.5 Å². The summed E-state index contributed by atoms with van der Waals surface area (Å²) < 4.78 is 11.0. The largest absolute Gasteiger partial charge is 0.493 e. The maximum absolute atomic E-state index is 6.02. The molecule has 0 aliphatic carbocycles. The molecule has 0 amide bonds. The Bertz CT molecular complexity index is 393. The highest BCUT2D eigenvalue weighted by Gasteiger charge is 2.25. The van der Waals surface area contributed by atoms with E-state index in [0.29, 0.717) is 23.3 Å². The third kappa shape index (κ3) is 2.11. The molecular weight excluding hydrogens is 226 g/mol. The summed E-state index contributed by atoms with van der Waals surface area (Å²) in [5.41, 5.74) is 6.97. The number of nitrogens with two attached hydrogens (primary N) is 1. The predicted octanol–water partition coefficient (Wildman–Crippen LogP) is 2.25. The van der Waals surface area contributed by atoms with Crippen LogP contribution < -0.4 is 15.2 Å².